The highest BCUT2D eigenvalue weighted by molar-refractivity contribution is 7.99. The molecule has 1 atom stereocenters. The van der Waals surface area contributed by atoms with E-state index >= 15 is 0 Å². The van der Waals surface area contributed by atoms with Gasteiger partial charge in [-0.3, -0.25) is 4.79 Å². The molecule has 1 amide bonds. The molecular weight excluding hydrogens is 268 g/mol. The van der Waals surface area contributed by atoms with Gasteiger partial charge in [-0.2, -0.15) is 11.8 Å². The number of hydrogen-bond donors (Lipinski definition) is 3. The topological polar surface area (TPSA) is 80.0 Å². The van der Waals surface area contributed by atoms with E-state index < -0.39 is 0 Å². The molecule has 1 saturated heterocycles. The number of rotatable bonds is 5. The fourth-order valence-electron chi connectivity index (χ4n) is 1.70. The van der Waals surface area contributed by atoms with Crippen LogP contribution in [-0.4, -0.2) is 35.0 Å². The maximum Gasteiger partial charge on any atom is 0.265 e. The number of thiazole rings is 1. The van der Waals surface area contributed by atoms with Gasteiger partial charge in [0, 0.05) is 18.3 Å². The minimum absolute atomic E-state index is 0.0953. The van der Waals surface area contributed by atoms with E-state index in [2.05, 4.69) is 22.5 Å². The molecule has 1 aromatic rings. The van der Waals surface area contributed by atoms with Crippen molar-refractivity contribution < 1.29 is 4.79 Å². The van der Waals surface area contributed by atoms with E-state index in [9.17, 15) is 4.79 Å². The predicted octanol–water partition coefficient (Wildman–Crippen LogP) is 1.78. The third kappa shape index (κ3) is 3.29. The van der Waals surface area contributed by atoms with Crippen LogP contribution in [0.25, 0.3) is 0 Å². The molecular formula is C11H18N4OS2. The Kier molecular flexibility index (Phi) is 4.71. The number of amides is 1. The van der Waals surface area contributed by atoms with Gasteiger partial charge in [-0.05, 0) is 18.6 Å². The van der Waals surface area contributed by atoms with Gasteiger partial charge in [0.2, 0.25) is 0 Å². The summed E-state index contributed by atoms with van der Waals surface area (Å²) in [5, 5.41) is 6.88. The van der Waals surface area contributed by atoms with Gasteiger partial charge in [0.1, 0.15) is 10.7 Å². The third-order valence-electron chi connectivity index (χ3n) is 2.65. The molecule has 100 valence electrons. The molecule has 4 N–H and O–H groups in total. The zero-order valence-electron chi connectivity index (χ0n) is 10.4. The predicted molar refractivity (Wildman–Crippen MR) is 78.5 cm³/mol. The molecule has 0 saturated carbocycles. The van der Waals surface area contributed by atoms with E-state index in [-0.39, 0.29) is 11.9 Å². The van der Waals surface area contributed by atoms with Crippen LogP contribution in [0.15, 0.2) is 0 Å². The minimum atomic E-state index is -0.0953. The summed E-state index contributed by atoms with van der Waals surface area (Å²) in [5.74, 6) is 2.33. The second-order valence-electron chi connectivity index (χ2n) is 4.19. The Balaban J connectivity index is 1.98. The highest BCUT2D eigenvalue weighted by Gasteiger charge is 2.22. The highest BCUT2D eigenvalue weighted by Crippen LogP contribution is 2.25. The van der Waals surface area contributed by atoms with Crippen molar-refractivity contribution in [2.45, 2.75) is 25.8 Å². The first-order valence-electron chi connectivity index (χ1n) is 6.09. The van der Waals surface area contributed by atoms with E-state index in [0.29, 0.717) is 10.7 Å². The van der Waals surface area contributed by atoms with E-state index in [1.807, 2.05) is 11.8 Å². The zero-order chi connectivity index (χ0) is 13.0. The molecule has 1 aliphatic heterocycles. The standard InChI is InChI=1S/C11H18N4OS2/c1-2-4-13-11-15-9(12)8(18-11)10(16)14-7-3-5-17-6-7/h7H,2-6,12H2,1H3,(H,13,15)(H,14,16). The quantitative estimate of drug-likeness (QED) is 0.769. The molecule has 0 radical (unpaired) electrons. The van der Waals surface area contributed by atoms with Gasteiger partial charge in [-0.1, -0.05) is 18.3 Å². The average molecular weight is 286 g/mol. The summed E-state index contributed by atoms with van der Waals surface area (Å²) in [5.41, 5.74) is 5.78. The Hall–Kier alpha value is -0.950. The minimum Gasteiger partial charge on any atom is -0.382 e. The van der Waals surface area contributed by atoms with Crippen LogP contribution < -0.4 is 16.4 Å². The number of carbonyl (C=O) groups is 1. The van der Waals surface area contributed by atoms with Crippen LogP contribution in [-0.2, 0) is 0 Å². The second-order valence-corrected chi connectivity index (χ2v) is 6.34. The molecule has 1 unspecified atom stereocenters. The van der Waals surface area contributed by atoms with Crippen molar-refractivity contribution in [2.75, 3.05) is 29.1 Å². The number of carbonyl (C=O) groups excluding carboxylic acids is 1. The summed E-state index contributed by atoms with van der Waals surface area (Å²) in [6.07, 6.45) is 2.05. The van der Waals surface area contributed by atoms with Crippen LogP contribution in [0.1, 0.15) is 29.4 Å². The molecule has 1 aliphatic rings. The third-order valence-corrected chi connectivity index (χ3v) is 4.84. The molecule has 18 heavy (non-hydrogen) atoms. The van der Waals surface area contributed by atoms with E-state index in [1.54, 1.807) is 0 Å². The van der Waals surface area contributed by atoms with Crippen molar-refractivity contribution in [3.05, 3.63) is 4.88 Å². The molecule has 2 heterocycles. The number of nitrogen functional groups attached to an aromatic ring is 1. The summed E-state index contributed by atoms with van der Waals surface area (Å²) in [6, 6.07) is 0.274. The maximum atomic E-state index is 12.1. The number of nitrogens with one attached hydrogen (secondary N) is 2. The Morgan fingerprint density at radius 3 is 3.11 bits per heavy atom. The van der Waals surface area contributed by atoms with Crippen molar-refractivity contribution >= 4 is 40.0 Å². The van der Waals surface area contributed by atoms with Gasteiger partial charge < -0.3 is 16.4 Å². The number of anilines is 2. The lowest BCUT2D eigenvalue weighted by molar-refractivity contribution is 0.0946. The van der Waals surface area contributed by atoms with E-state index in [0.717, 1.165) is 36.0 Å². The normalized spacial score (nSPS) is 18.8. The molecule has 1 aromatic heterocycles. The number of thioether (sulfide) groups is 1. The molecule has 0 bridgehead atoms. The van der Waals surface area contributed by atoms with Crippen LogP contribution >= 0.6 is 23.1 Å². The van der Waals surface area contributed by atoms with Crippen molar-refractivity contribution in [2.24, 2.45) is 0 Å². The molecule has 5 nitrogen and oxygen atoms in total. The number of hydrogen-bond acceptors (Lipinski definition) is 6. The number of nitrogens with two attached hydrogens (primary N) is 1. The first-order chi connectivity index (χ1) is 8.70. The number of nitrogens with zero attached hydrogens (tertiary/aromatic N) is 1. The molecule has 0 spiro atoms. The average Bonchev–Trinajstić information content (AvgIpc) is 2.96. The van der Waals surface area contributed by atoms with Crippen molar-refractivity contribution in [1.82, 2.24) is 10.3 Å². The lowest BCUT2D eigenvalue weighted by atomic mass is 10.2. The summed E-state index contributed by atoms with van der Waals surface area (Å²) < 4.78 is 0. The van der Waals surface area contributed by atoms with Crippen LogP contribution in [0.5, 0.6) is 0 Å². The van der Waals surface area contributed by atoms with Gasteiger partial charge in [-0.15, -0.1) is 0 Å². The highest BCUT2D eigenvalue weighted by atomic mass is 32.2. The smallest absolute Gasteiger partial charge is 0.265 e. The second kappa shape index (κ2) is 6.29. The van der Waals surface area contributed by atoms with Crippen molar-refractivity contribution in [3.8, 4) is 0 Å². The van der Waals surface area contributed by atoms with Gasteiger partial charge >= 0.3 is 0 Å². The largest absolute Gasteiger partial charge is 0.382 e. The SMILES string of the molecule is CCCNc1nc(N)c(C(=O)NC2CCSC2)s1. The maximum absolute atomic E-state index is 12.1. The summed E-state index contributed by atoms with van der Waals surface area (Å²) in [4.78, 5) is 16.7. The van der Waals surface area contributed by atoms with Crippen LogP contribution in [0.4, 0.5) is 10.9 Å². The van der Waals surface area contributed by atoms with Gasteiger partial charge in [-0.25, -0.2) is 4.98 Å². The van der Waals surface area contributed by atoms with Crippen molar-refractivity contribution in [3.63, 3.8) is 0 Å². The fraction of sp³-hybridized carbons (Fsp3) is 0.636. The first-order valence-corrected chi connectivity index (χ1v) is 8.06. The lowest BCUT2D eigenvalue weighted by Gasteiger charge is -2.09. The first kappa shape index (κ1) is 13.5. The lowest BCUT2D eigenvalue weighted by Crippen LogP contribution is -2.34. The van der Waals surface area contributed by atoms with Gasteiger partial charge in [0.25, 0.3) is 5.91 Å². The monoisotopic (exact) mass is 286 g/mol. The van der Waals surface area contributed by atoms with Crippen LogP contribution in [0, 0.1) is 0 Å². The van der Waals surface area contributed by atoms with Crippen LogP contribution in [0.3, 0.4) is 0 Å². The zero-order valence-corrected chi connectivity index (χ0v) is 12.0. The molecule has 0 aliphatic carbocycles. The van der Waals surface area contributed by atoms with Crippen molar-refractivity contribution in [1.29, 1.82) is 0 Å². The Bertz CT molecular complexity index is 415. The Morgan fingerprint density at radius 2 is 2.44 bits per heavy atom. The molecule has 7 heteroatoms. The summed E-state index contributed by atoms with van der Waals surface area (Å²) in [6.45, 7) is 2.92. The van der Waals surface area contributed by atoms with E-state index in [4.69, 9.17) is 5.73 Å². The van der Waals surface area contributed by atoms with E-state index in [1.165, 1.54) is 11.3 Å². The van der Waals surface area contributed by atoms with Crippen LogP contribution in [0.2, 0.25) is 0 Å². The van der Waals surface area contributed by atoms with Gasteiger partial charge in [0.15, 0.2) is 5.13 Å². The van der Waals surface area contributed by atoms with Gasteiger partial charge in [0.05, 0.1) is 0 Å². The fourth-order valence-corrected chi connectivity index (χ4v) is 3.67. The Morgan fingerprint density at radius 1 is 1.61 bits per heavy atom. The molecule has 1 fully saturated rings. The Labute approximate surface area is 115 Å². The molecule has 0 aromatic carbocycles. The molecule has 2 rings (SSSR count). The summed E-state index contributed by atoms with van der Waals surface area (Å²) in [7, 11) is 0. The summed E-state index contributed by atoms with van der Waals surface area (Å²) >= 11 is 3.19. The number of aromatic nitrogens is 1.